The highest BCUT2D eigenvalue weighted by molar-refractivity contribution is 7.12. The van der Waals surface area contributed by atoms with E-state index in [9.17, 15) is 0 Å². The highest BCUT2D eigenvalue weighted by atomic mass is 32.1. The SMILES string of the molecule is CCCNC(c1ccc(OC)c(C)c1)c1cc(C)c(C)s1. The Morgan fingerprint density at radius 1 is 1.14 bits per heavy atom. The van der Waals surface area contributed by atoms with E-state index in [4.69, 9.17) is 4.74 Å². The molecule has 1 aromatic heterocycles. The molecule has 2 rings (SSSR count). The molecule has 0 aliphatic heterocycles. The highest BCUT2D eigenvalue weighted by Crippen LogP contribution is 2.32. The summed E-state index contributed by atoms with van der Waals surface area (Å²) >= 11 is 1.89. The van der Waals surface area contributed by atoms with E-state index in [0.717, 1.165) is 18.7 Å². The van der Waals surface area contributed by atoms with E-state index in [1.165, 1.54) is 26.4 Å². The van der Waals surface area contributed by atoms with E-state index in [0.29, 0.717) is 0 Å². The van der Waals surface area contributed by atoms with Crippen LogP contribution in [0, 0.1) is 20.8 Å². The summed E-state index contributed by atoms with van der Waals surface area (Å²) in [5, 5.41) is 3.68. The van der Waals surface area contributed by atoms with Gasteiger partial charge in [0.15, 0.2) is 0 Å². The van der Waals surface area contributed by atoms with Crippen LogP contribution in [0.1, 0.15) is 45.8 Å². The zero-order chi connectivity index (χ0) is 15.4. The average Bonchev–Trinajstić information content (AvgIpc) is 2.79. The molecule has 1 N–H and O–H groups in total. The van der Waals surface area contributed by atoms with Crippen LogP contribution in [0.5, 0.6) is 5.75 Å². The van der Waals surface area contributed by atoms with Crippen LogP contribution >= 0.6 is 11.3 Å². The van der Waals surface area contributed by atoms with Crippen LogP contribution < -0.4 is 10.1 Å². The average molecular weight is 303 g/mol. The lowest BCUT2D eigenvalue weighted by Gasteiger charge is -2.19. The maximum Gasteiger partial charge on any atom is 0.121 e. The zero-order valence-corrected chi connectivity index (χ0v) is 14.4. The largest absolute Gasteiger partial charge is 0.496 e. The van der Waals surface area contributed by atoms with Gasteiger partial charge in [-0.3, -0.25) is 0 Å². The van der Waals surface area contributed by atoms with E-state index in [1.807, 2.05) is 11.3 Å². The van der Waals surface area contributed by atoms with Crippen molar-refractivity contribution in [3.8, 4) is 5.75 Å². The molecule has 0 amide bonds. The molecule has 0 saturated heterocycles. The molecule has 114 valence electrons. The number of rotatable bonds is 6. The number of aryl methyl sites for hydroxylation is 3. The molecule has 3 heteroatoms. The summed E-state index contributed by atoms with van der Waals surface area (Å²) in [6, 6.07) is 9.05. The predicted molar refractivity (Wildman–Crippen MR) is 91.7 cm³/mol. The van der Waals surface area contributed by atoms with Gasteiger partial charge >= 0.3 is 0 Å². The minimum Gasteiger partial charge on any atom is -0.496 e. The van der Waals surface area contributed by atoms with Gasteiger partial charge in [0.25, 0.3) is 0 Å². The van der Waals surface area contributed by atoms with Crippen LogP contribution in [-0.4, -0.2) is 13.7 Å². The number of hydrogen-bond donors (Lipinski definition) is 1. The maximum absolute atomic E-state index is 5.37. The standard InChI is InChI=1S/C18H25NOS/c1-6-9-19-18(17-11-12(2)14(4)21-17)15-7-8-16(20-5)13(3)10-15/h7-8,10-11,18-19H,6,9H2,1-5H3. The van der Waals surface area contributed by atoms with Crippen molar-refractivity contribution in [2.24, 2.45) is 0 Å². The third kappa shape index (κ3) is 3.66. The first kappa shape index (κ1) is 16.1. The number of thiophene rings is 1. The summed E-state index contributed by atoms with van der Waals surface area (Å²) in [5.41, 5.74) is 3.87. The van der Waals surface area contributed by atoms with Crippen LogP contribution in [0.15, 0.2) is 24.3 Å². The molecule has 0 radical (unpaired) electrons. The van der Waals surface area contributed by atoms with Crippen LogP contribution in [0.3, 0.4) is 0 Å². The second-order valence-electron chi connectivity index (χ2n) is 5.50. The Hall–Kier alpha value is -1.32. The fraction of sp³-hybridized carbons (Fsp3) is 0.444. The second-order valence-corrected chi connectivity index (χ2v) is 6.79. The number of benzene rings is 1. The Labute approximate surface area is 132 Å². The van der Waals surface area contributed by atoms with E-state index in [1.54, 1.807) is 7.11 Å². The van der Waals surface area contributed by atoms with Crippen molar-refractivity contribution in [1.82, 2.24) is 5.32 Å². The molecule has 1 aromatic carbocycles. The quantitative estimate of drug-likeness (QED) is 0.830. The number of methoxy groups -OCH3 is 1. The molecule has 21 heavy (non-hydrogen) atoms. The van der Waals surface area contributed by atoms with Gasteiger partial charge in [0.1, 0.15) is 5.75 Å². The first-order valence-electron chi connectivity index (χ1n) is 7.51. The van der Waals surface area contributed by atoms with Crippen molar-refractivity contribution in [2.75, 3.05) is 13.7 Å². The van der Waals surface area contributed by atoms with Crippen molar-refractivity contribution >= 4 is 11.3 Å². The third-order valence-corrected chi connectivity index (χ3v) is 5.04. The Balaban J connectivity index is 2.37. The summed E-state index contributed by atoms with van der Waals surface area (Å²) in [5.74, 6) is 0.950. The second kappa shape index (κ2) is 7.10. The van der Waals surface area contributed by atoms with Crippen LogP contribution in [0.4, 0.5) is 0 Å². The van der Waals surface area contributed by atoms with Crippen LogP contribution in [0.25, 0.3) is 0 Å². The van der Waals surface area contributed by atoms with E-state index in [2.05, 4.69) is 57.3 Å². The fourth-order valence-corrected chi connectivity index (χ4v) is 3.64. The predicted octanol–water partition coefficient (Wildman–Crippen LogP) is 4.77. The Morgan fingerprint density at radius 2 is 1.90 bits per heavy atom. The minimum absolute atomic E-state index is 0.270. The van der Waals surface area contributed by atoms with Gasteiger partial charge in [-0.25, -0.2) is 0 Å². The molecule has 0 aliphatic rings. The molecule has 2 aromatic rings. The van der Waals surface area contributed by atoms with Gasteiger partial charge in [-0.2, -0.15) is 0 Å². The van der Waals surface area contributed by atoms with Crippen molar-refractivity contribution in [2.45, 2.75) is 40.2 Å². The summed E-state index contributed by atoms with van der Waals surface area (Å²) in [4.78, 5) is 2.79. The third-order valence-electron chi connectivity index (χ3n) is 3.82. The smallest absolute Gasteiger partial charge is 0.121 e. The van der Waals surface area contributed by atoms with E-state index < -0.39 is 0 Å². The molecule has 1 atom stereocenters. The molecular formula is C18H25NOS. The van der Waals surface area contributed by atoms with Gasteiger partial charge in [0.2, 0.25) is 0 Å². The van der Waals surface area contributed by atoms with Gasteiger partial charge in [-0.05, 0) is 62.6 Å². The fourth-order valence-electron chi connectivity index (χ4n) is 2.50. The van der Waals surface area contributed by atoms with Crippen molar-refractivity contribution in [3.05, 3.63) is 50.7 Å². The van der Waals surface area contributed by atoms with Gasteiger partial charge in [0, 0.05) is 9.75 Å². The molecule has 1 unspecified atom stereocenters. The van der Waals surface area contributed by atoms with Crippen LogP contribution in [-0.2, 0) is 0 Å². The molecule has 0 saturated carbocycles. The monoisotopic (exact) mass is 303 g/mol. The van der Waals surface area contributed by atoms with Crippen molar-refractivity contribution in [1.29, 1.82) is 0 Å². The number of hydrogen-bond acceptors (Lipinski definition) is 3. The van der Waals surface area contributed by atoms with Gasteiger partial charge < -0.3 is 10.1 Å². The lowest BCUT2D eigenvalue weighted by Crippen LogP contribution is -2.22. The van der Waals surface area contributed by atoms with E-state index >= 15 is 0 Å². The van der Waals surface area contributed by atoms with Crippen molar-refractivity contribution in [3.63, 3.8) is 0 Å². The molecule has 0 spiro atoms. The number of nitrogens with one attached hydrogen (secondary N) is 1. The molecule has 0 fully saturated rings. The maximum atomic E-state index is 5.37. The Bertz CT molecular complexity index is 584. The lowest BCUT2D eigenvalue weighted by molar-refractivity contribution is 0.411. The summed E-state index contributed by atoms with van der Waals surface area (Å²) in [6.45, 7) is 9.70. The molecule has 1 heterocycles. The number of ether oxygens (including phenoxy) is 1. The first-order chi connectivity index (χ1) is 10.1. The highest BCUT2D eigenvalue weighted by Gasteiger charge is 2.17. The van der Waals surface area contributed by atoms with Gasteiger partial charge in [-0.15, -0.1) is 11.3 Å². The van der Waals surface area contributed by atoms with Crippen molar-refractivity contribution < 1.29 is 4.74 Å². The zero-order valence-electron chi connectivity index (χ0n) is 13.6. The lowest BCUT2D eigenvalue weighted by atomic mass is 10.0. The van der Waals surface area contributed by atoms with Gasteiger partial charge in [0.05, 0.1) is 13.2 Å². The summed E-state index contributed by atoms with van der Waals surface area (Å²) < 4.78 is 5.37. The van der Waals surface area contributed by atoms with Gasteiger partial charge in [-0.1, -0.05) is 19.1 Å². The Kier molecular flexibility index (Phi) is 5.43. The Morgan fingerprint density at radius 3 is 2.43 bits per heavy atom. The minimum atomic E-state index is 0.270. The van der Waals surface area contributed by atoms with Crippen LogP contribution in [0.2, 0.25) is 0 Å². The first-order valence-corrected chi connectivity index (χ1v) is 8.33. The molecular weight excluding hydrogens is 278 g/mol. The normalized spacial score (nSPS) is 12.4. The van der Waals surface area contributed by atoms with E-state index in [-0.39, 0.29) is 6.04 Å². The summed E-state index contributed by atoms with van der Waals surface area (Å²) in [6.07, 6.45) is 1.13. The molecule has 0 bridgehead atoms. The summed E-state index contributed by atoms with van der Waals surface area (Å²) in [7, 11) is 1.72. The molecule has 2 nitrogen and oxygen atoms in total. The topological polar surface area (TPSA) is 21.3 Å². The molecule has 0 aliphatic carbocycles.